The van der Waals surface area contributed by atoms with Gasteiger partial charge >= 0.3 is 0 Å². The lowest BCUT2D eigenvalue weighted by molar-refractivity contribution is -0.0403. The number of nitrogens with zero attached hydrogens (tertiary/aromatic N) is 3. The molecular formula is C19H18ClN3O5S2. The summed E-state index contributed by atoms with van der Waals surface area (Å²) in [4.78, 5) is 23.1. The van der Waals surface area contributed by atoms with Gasteiger partial charge in [0.05, 0.1) is 34.0 Å². The van der Waals surface area contributed by atoms with Crippen LogP contribution in [0.5, 0.6) is 5.88 Å². The Kier molecular flexibility index (Phi) is 5.92. The maximum atomic E-state index is 12.9. The molecule has 0 saturated carbocycles. The van der Waals surface area contributed by atoms with Crippen LogP contribution >= 0.6 is 22.9 Å². The van der Waals surface area contributed by atoms with Crippen LogP contribution in [0.1, 0.15) is 9.67 Å². The van der Waals surface area contributed by atoms with Crippen LogP contribution in [0.15, 0.2) is 40.9 Å². The number of morpholine rings is 1. The van der Waals surface area contributed by atoms with E-state index in [9.17, 15) is 13.2 Å². The molecule has 30 heavy (non-hydrogen) atoms. The van der Waals surface area contributed by atoms with E-state index < -0.39 is 9.84 Å². The van der Waals surface area contributed by atoms with Gasteiger partial charge in [-0.05, 0) is 12.1 Å². The number of sulfone groups is 1. The second-order valence-corrected chi connectivity index (χ2v) is 10.0. The molecule has 158 valence electrons. The number of benzene rings is 1. The molecule has 2 aromatic heterocycles. The van der Waals surface area contributed by atoms with Crippen molar-refractivity contribution in [1.29, 1.82) is 0 Å². The van der Waals surface area contributed by atoms with Crippen LogP contribution in [0, 0.1) is 0 Å². The van der Waals surface area contributed by atoms with Gasteiger partial charge in [-0.1, -0.05) is 23.7 Å². The third kappa shape index (κ3) is 4.27. The number of thiophene rings is 1. The highest BCUT2D eigenvalue weighted by Crippen LogP contribution is 2.32. The van der Waals surface area contributed by atoms with Crippen molar-refractivity contribution in [1.82, 2.24) is 14.9 Å². The van der Waals surface area contributed by atoms with Crippen molar-refractivity contribution in [3.8, 4) is 5.88 Å². The zero-order chi connectivity index (χ0) is 21.3. The van der Waals surface area contributed by atoms with Crippen molar-refractivity contribution in [2.45, 2.75) is 11.0 Å². The van der Waals surface area contributed by atoms with E-state index in [1.165, 1.54) is 11.7 Å². The smallest absolute Gasteiger partial charge is 0.265 e. The molecule has 0 bridgehead atoms. The molecule has 1 fully saturated rings. The number of carbonyl (C=O) groups excluding carboxylic acids is 1. The summed E-state index contributed by atoms with van der Waals surface area (Å²) in [5.41, 5.74) is 0.776. The molecule has 1 unspecified atom stereocenters. The number of rotatable bonds is 5. The number of aromatic nitrogens is 2. The standard InChI is InChI=1S/C19H18ClN3O5S2/c1-30(25,26)15-10-29-17(16(15)20)19(24)23-6-7-27-12(8-23)9-28-18-13-4-2-3-5-14(13)21-11-22-18/h2-5,10-12H,6-9H2,1H3. The molecule has 0 spiro atoms. The predicted molar refractivity (Wildman–Crippen MR) is 113 cm³/mol. The minimum absolute atomic E-state index is 0.0266. The first-order valence-electron chi connectivity index (χ1n) is 9.05. The average Bonchev–Trinajstić information content (AvgIpc) is 3.13. The first-order chi connectivity index (χ1) is 14.3. The van der Waals surface area contributed by atoms with Crippen LogP contribution in [0.2, 0.25) is 5.02 Å². The van der Waals surface area contributed by atoms with Crippen LogP contribution in [-0.4, -0.2) is 67.9 Å². The summed E-state index contributed by atoms with van der Waals surface area (Å²) >= 11 is 7.20. The normalized spacial score (nSPS) is 17.3. The summed E-state index contributed by atoms with van der Waals surface area (Å²) in [5.74, 6) is 0.132. The number of ether oxygens (including phenoxy) is 2. The summed E-state index contributed by atoms with van der Waals surface area (Å²) in [7, 11) is -3.49. The fourth-order valence-electron chi connectivity index (χ4n) is 3.14. The number of fused-ring (bicyclic) bond motifs is 1. The summed E-state index contributed by atoms with van der Waals surface area (Å²) in [6.45, 7) is 1.22. The Bertz CT molecular complexity index is 1190. The van der Waals surface area contributed by atoms with Gasteiger partial charge in [0, 0.05) is 18.2 Å². The highest BCUT2D eigenvalue weighted by molar-refractivity contribution is 7.91. The van der Waals surface area contributed by atoms with Crippen LogP contribution in [0.3, 0.4) is 0 Å². The third-order valence-electron chi connectivity index (χ3n) is 4.63. The quantitative estimate of drug-likeness (QED) is 0.568. The fourth-order valence-corrected chi connectivity index (χ4v) is 6.01. The molecule has 1 saturated heterocycles. The molecule has 11 heteroatoms. The molecule has 0 N–H and O–H groups in total. The molecule has 1 amide bonds. The Labute approximate surface area is 182 Å². The lowest BCUT2D eigenvalue weighted by atomic mass is 10.2. The molecule has 1 aliphatic heterocycles. The second-order valence-electron chi connectivity index (χ2n) is 6.77. The van der Waals surface area contributed by atoms with Gasteiger partial charge in [-0.2, -0.15) is 0 Å². The van der Waals surface area contributed by atoms with Gasteiger partial charge in [-0.15, -0.1) is 11.3 Å². The molecule has 1 aromatic carbocycles. The van der Waals surface area contributed by atoms with Crippen molar-refractivity contribution >= 4 is 49.6 Å². The van der Waals surface area contributed by atoms with Crippen LogP contribution in [0.4, 0.5) is 0 Å². The zero-order valence-electron chi connectivity index (χ0n) is 15.9. The van der Waals surface area contributed by atoms with Gasteiger partial charge in [0.15, 0.2) is 9.84 Å². The lowest BCUT2D eigenvalue weighted by Gasteiger charge is -2.32. The number of para-hydroxylation sites is 1. The monoisotopic (exact) mass is 467 g/mol. The van der Waals surface area contributed by atoms with E-state index in [-0.39, 0.29) is 33.4 Å². The fraction of sp³-hybridized carbons (Fsp3) is 0.316. The lowest BCUT2D eigenvalue weighted by Crippen LogP contribution is -2.47. The van der Waals surface area contributed by atoms with Crippen molar-refractivity contribution in [3.63, 3.8) is 0 Å². The average molecular weight is 468 g/mol. The molecule has 3 heterocycles. The van der Waals surface area contributed by atoms with Crippen molar-refractivity contribution < 1.29 is 22.7 Å². The predicted octanol–water partition coefficient (Wildman–Crippen LogP) is 2.67. The van der Waals surface area contributed by atoms with E-state index >= 15 is 0 Å². The molecule has 0 aliphatic carbocycles. The number of amides is 1. The molecule has 0 radical (unpaired) electrons. The number of halogens is 1. The zero-order valence-corrected chi connectivity index (χ0v) is 18.3. The molecule has 1 atom stereocenters. The Morgan fingerprint density at radius 3 is 2.93 bits per heavy atom. The number of carbonyl (C=O) groups is 1. The Morgan fingerprint density at radius 1 is 1.37 bits per heavy atom. The SMILES string of the molecule is CS(=O)(=O)c1csc(C(=O)N2CCOC(COc3ncnc4ccccc34)C2)c1Cl. The Morgan fingerprint density at radius 2 is 2.17 bits per heavy atom. The summed E-state index contributed by atoms with van der Waals surface area (Å²) in [5, 5.41) is 2.16. The number of hydrogen-bond acceptors (Lipinski definition) is 8. The number of hydrogen-bond donors (Lipinski definition) is 0. The Balaban J connectivity index is 1.45. The molecule has 3 aromatic rings. The van der Waals surface area contributed by atoms with Crippen molar-refractivity contribution in [3.05, 3.63) is 45.9 Å². The maximum Gasteiger partial charge on any atom is 0.265 e. The van der Waals surface area contributed by atoms with E-state index in [0.29, 0.717) is 25.6 Å². The minimum atomic E-state index is -3.49. The van der Waals surface area contributed by atoms with Crippen LogP contribution < -0.4 is 4.74 Å². The first kappa shape index (κ1) is 21.0. The van der Waals surface area contributed by atoms with Crippen molar-refractivity contribution in [2.24, 2.45) is 0 Å². The maximum absolute atomic E-state index is 12.9. The van der Waals surface area contributed by atoms with E-state index in [1.807, 2.05) is 24.3 Å². The molecule has 8 nitrogen and oxygen atoms in total. The summed E-state index contributed by atoms with van der Waals surface area (Å²) in [6.07, 6.45) is 2.14. The van der Waals surface area contributed by atoms with Gasteiger partial charge in [0.1, 0.15) is 23.9 Å². The topological polar surface area (TPSA) is 98.7 Å². The third-order valence-corrected chi connectivity index (χ3v) is 7.49. The van der Waals surface area contributed by atoms with E-state index in [0.717, 1.165) is 28.5 Å². The van der Waals surface area contributed by atoms with E-state index in [4.69, 9.17) is 21.1 Å². The van der Waals surface area contributed by atoms with E-state index in [1.54, 1.807) is 4.90 Å². The highest BCUT2D eigenvalue weighted by atomic mass is 35.5. The molecule has 4 rings (SSSR count). The largest absolute Gasteiger partial charge is 0.474 e. The van der Waals surface area contributed by atoms with Gasteiger partial charge in [0.25, 0.3) is 5.91 Å². The highest BCUT2D eigenvalue weighted by Gasteiger charge is 2.30. The van der Waals surface area contributed by atoms with Crippen LogP contribution in [-0.2, 0) is 14.6 Å². The molecule has 1 aliphatic rings. The summed E-state index contributed by atoms with van der Waals surface area (Å²) < 4.78 is 35.1. The van der Waals surface area contributed by atoms with Crippen LogP contribution in [0.25, 0.3) is 10.9 Å². The van der Waals surface area contributed by atoms with Gasteiger partial charge in [-0.3, -0.25) is 4.79 Å². The van der Waals surface area contributed by atoms with Crippen molar-refractivity contribution in [2.75, 3.05) is 32.6 Å². The van der Waals surface area contributed by atoms with E-state index in [2.05, 4.69) is 9.97 Å². The van der Waals surface area contributed by atoms with Gasteiger partial charge in [-0.25, -0.2) is 18.4 Å². The first-order valence-corrected chi connectivity index (χ1v) is 12.2. The minimum Gasteiger partial charge on any atom is -0.474 e. The molecular weight excluding hydrogens is 450 g/mol. The van der Waals surface area contributed by atoms with Gasteiger partial charge in [0.2, 0.25) is 5.88 Å². The van der Waals surface area contributed by atoms with Gasteiger partial charge < -0.3 is 14.4 Å². The second kappa shape index (κ2) is 8.46. The Hall–Kier alpha value is -2.27. The summed E-state index contributed by atoms with van der Waals surface area (Å²) in [6, 6.07) is 7.51.